The minimum Gasteiger partial charge on any atom is -0.351 e. The molecular formula is C26H34F3N7O3S. The molecule has 4 rings (SSSR count). The molecule has 14 heteroatoms. The molecule has 10 nitrogen and oxygen atoms in total. The number of rotatable bonds is 9. The van der Waals surface area contributed by atoms with E-state index in [0.717, 1.165) is 25.7 Å². The SMILES string of the molecule is CC(C)n1c(=O)c(-c2ccc(NS(=O)(=O)CCC(F)(F)F)nc2)cc2cnc(NC3CCC(N(C)C)CC3)nc21. The van der Waals surface area contributed by atoms with Gasteiger partial charge in [0.2, 0.25) is 16.0 Å². The molecule has 0 radical (unpaired) electrons. The van der Waals surface area contributed by atoms with Crippen LogP contribution in [-0.4, -0.2) is 70.9 Å². The van der Waals surface area contributed by atoms with Crippen LogP contribution < -0.4 is 15.6 Å². The van der Waals surface area contributed by atoms with E-state index >= 15 is 0 Å². The van der Waals surface area contributed by atoms with E-state index in [-0.39, 0.29) is 23.5 Å². The Kier molecular flexibility index (Phi) is 8.69. The van der Waals surface area contributed by atoms with E-state index in [2.05, 4.69) is 39.3 Å². The normalized spacial score (nSPS) is 18.4. The lowest BCUT2D eigenvalue weighted by Crippen LogP contribution is -2.36. The molecule has 1 aliphatic rings. The largest absolute Gasteiger partial charge is 0.390 e. The summed E-state index contributed by atoms with van der Waals surface area (Å²) in [4.78, 5) is 29.0. The Balaban J connectivity index is 1.57. The molecule has 1 fully saturated rings. The number of fused-ring (bicyclic) bond motifs is 1. The Bertz CT molecular complexity index is 1500. The van der Waals surface area contributed by atoms with Crippen LogP contribution in [0.1, 0.15) is 52.0 Å². The lowest BCUT2D eigenvalue weighted by molar-refractivity contribution is -0.129. The molecule has 3 heterocycles. The second-order valence-electron chi connectivity index (χ2n) is 10.6. The number of pyridine rings is 2. The Labute approximate surface area is 231 Å². The van der Waals surface area contributed by atoms with Crippen molar-refractivity contribution in [3.05, 3.63) is 40.9 Å². The van der Waals surface area contributed by atoms with Gasteiger partial charge in [-0.25, -0.2) is 18.4 Å². The number of nitrogens with one attached hydrogen (secondary N) is 2. The van der Waals surface area contributed by atoms with Gasteiger partial charge in [0.1, 0.15) is 11.5 Å². The lowest BCUT2D eigenvalue weighted by Gasteiger charge is -2.33. The Morgan fingerprint density at radius 2 is 1.80 bits per heavy atom. The van der Waals surface area contributed by atoms with Gasteiger partial charge >= 0.3 is 6.18 Å². The predicted octanol–water partition coefficient (Wildman–Crippen LogP) is 4.41. The van der Waals surface area contributed by atoms with E-state index in [1.54, 1.807) is 16.8 Å². The highest BCUT2D eigenvalue weighted by Crippen LogP contribution is 2.26. The van der Waals surface area contributed by atoms with Gasteiger partial charge in [0, 0.05) is 47.0 Å². The van der Waals surface area contributed by atoms with Crippen molar-refractivity contribution in [1.29, 1.82) is 0 Å². The van der Waals surface area contributed by atoms with Crippen molar-refractivity contribution in [3.8, 4) is 11.1 Å². The fourth-order valence-corrected chi connectivity index (χ4v) is 5.91. The van der Waals surface area contributed by atoms with Gasteiger partial charge in [0.05, 0.1) is 12.2 Å². The summed E-state index contributed by atoms with van der Waals surface area (Å²) in [5.41, 5.74) is 0.912. The highest BCUT2D eigenvalue weighted by Gasteiger charge is 2.30. The fraction of sp³-hybridized carbons (Fsp3) is 0.538. The van der Waals surface area contributed by atoms with Crippen molar-refractivity contribution in [1.82, 2.24) is 24.4 Å². The molecule has 0 aromatic carbocycles. The molecular weight excluding hydrogens is 547 g/mol. The molecule has 3 aromatic heterocycles. The molecule has 1 saturated carbocycles. The van der Waals surface area contributed by atoms with Crippen molar-refractivity contribution < 1.29 is 21.6 Å². The lowest BCUT2D eigenvalue weighted by atomic mass is 9.91. The molecule has 2 N–H and O–H groups in total. The fourth-order valence-electron chi connectivity index (χ4n) is 4.87. The van der Waals surface area contributed by atoms with Crippen molar-refractivity contribution in [2.24, 2.45) is 0 Å². The number of hydrogen-bond acceptors (Lipinski definition) is 8. The summed E-state index contributed by atoms with van der Waals surface area (Å²) in [6.45, 7) is 3.75. The summed E-state index contributed by atoms with van der Waals surface area (Å²) in [5.74, 6) is -0.793. The summed E-state index contributed by atoms with van der Waals surface area (Å²) in [7, 11) is -0.0526. The third-order valence-corrected chi connectivity index (χ3v) is 8.30. The van der Waals surface area contributed by atoms with Crippen LogP contribution in [0.5, 0.6) is 0 Å². The molecule has 0 spiro atoms. The van der Waals surface area contributed by atoms with Gasteiger partial charge < -0.3 is 10.2 Å². The van der Waals surface area contributed by atoms with E-state index < -0.39 is 28.4 Å². The van der Waals surface area contributed by atoms with Gasteiger partial charge in [0.15, 0.2) is 0 Å². The van der Waals surface area contributed by atoms with Gasteiger partial charge in [-0.3, -0.25) is 14.1 Å². The third kappa shape index (κ3) is 7.27. The first-order valence-corrected chi connectivity index (χ1v) is 14.8. The maximum Gasteiger partial charge on any atom is 0.390 e. The van der Waals surface area contributed by atoms with E-state index in [9.17, 15) is 26.4 Å². The smallest absolute Gasteiger partial charge is 0.351 e. The first kappa shape index (κ1) is 29.7. The van der Waals surface area contributed by atoms with Crippen LogP contribution in [-0.2, 0) is 10.0 Å². The summed E-state index contributed by atoms with van der Waals surface area (Å²) < 4.78 is 64.8. The van der Waals surface area contributed by atoms with Gasteiger partial charge in [-0.1, -0.05) is 0 Å². The van der Waals surface area contributed by atoms with E-state index in [1.165, 1.54) is 18.3 Å². The van der Waals surface area contributed by atoms with Crippen LogP contribution in [0.15, 0.2) is 35.4 Å². The summed E-state index contributed by atoms with van der Waals surface area (Å²) in [6.07, 6.45) is 1.07. The first-order valence-electron chi connectivity index (χ1n) is 13.1. The Morgan fingerprint density at radius 1 is 1.10 bits per heavy atom. The molecule has 0 bridgehead atoms. The summed E-state index contributed by atoms with van der Waals surface area (Å²) in [6, 6.07) is 5.05. The number of alkyl halides is 3. The van der Waals surface area contributed by atoms with Gasteiger partial charge in [0.25, 0.3) is 5.56 Å². The maximum absolute atomic E-state index is 13.6. The van der Waals surface area contributed by atoms with Crippen LogP contribution in [0.2, 0.25) is 0 Å². The van der Waals surface area contributed by atoms with E-state index in [0.29, 0.717) is 34.2 Å². The highest BCUT2D eigenvalue weighted by atomic mass is 32.2. The average molecular weight is 582 g/mol. The number of aromatic nitrogens is 4. The standard InChI is InChI=1S/C26H34F3N7O3S/c1-16(2)36-23-18(15-31-25(33-23)32-19-6-8-20(9-7-19)35(3)4)13-21(24(36)37)17-5-10-22(30-14-17)34-40(38,39)12-11-26(27,28)29/h5,10,13-16,19-20H,6-9,11-12H2,1-4H3,(H,30,34)(H,31,32,33). The van der Waals surface area contributed by atoms with Gasteiger partial charge in [-0.15, -0.1) is 0 Å². The average Bonchev–Trinajstić information content (AvgIpc) is 2.87. The van der Waals surface area contributed by atoms with Crippen LogP contribution in [0.4, 0.5) is 24.9 Å². The number of hydrogen-bond donors (Lipinski definition) is 2. The third-order valence-electron chi connectivity index (χ3n) is 7.04. The van der Waals surface area contributed by atoms with Crippen LogP contribution >= 0.6 is 0 Å². The zero-order valence-corrected chi connectivity index (χ0v) is 23.7. The Morgan fingerprint density at radius 3 is 2.38 bits per heavy atom. The highest BCUT2D eigenvalue weighted by molar-refractivity contribution is 7.92. The van der Waals surface area contributed by atoms with Crippen molar-refractivity contribution in [2.75, 3.05) is 29.9 Å². The maximum atomic E-state index is 13.6. The molecule has 0 amide bonds. The molecule has 0 saturated heterocycles. The van der Waals surface area contributed by atoms with Crippen LogP contribution in [0, 0.1) is 0 Å². The second kappa shape index (κ2) is 11.7. The predicted molar refractivity (Wildman–Crippen MR) is 149 cm³/mol. The molecule has 0 unspecified atom stereocenters. The van der Waals surface area contributed by atoms with E-state index in [4.69, 9.17) is 0 Å². The minimum absolute atomic E-state index is 0.144. The quantitative estimate of drug-likeness (QED) is 0.381. The summed E-state index contributed by atoms with van der Waals surface area (Å²) in [5, 5.41) is 4.06. The number of anilines is 2. The summed E-state index contributed by atoms with van der Waals surface area (Å²) >= 11 is 0. The van der Waals surface area contributed by atoms with Crippen molar-refractivity contribution in [2.45, 2.75) is 70.3 Å². The molecule has 218 valence electrons. The van der Waals surface area contributed by atoms with E-state index in [1.807, 2.05) is 18.6 Å². The van der Waals surface area contributed by atoms with Crippen molar-refractivity contribution >= 4 is 32.8 Å². The zero-order chi connectivity index (χ0) is 29.2. The van der Waals surface area contributed by atoms with Gasteiger partial charge in [-0.2, -0.15) is 18.2 Å². The molecule has 0 atom stereocenters. The molecule has 40 heavy (non-hydrogen) atoms. The number of sulfonamides is 1. The topological polar surface area (TPSA) is 122 Å². The molecule has 3 aromatic rings. The number of nitrogens with zero attached hydrogens (tertiary/aromatic N) is 5. The van der Waals surface area contributed by atoms with Crippen LogP contribution in [0.3, 0.4) is 0 Å². The minimum atomic E-state index is -4.59. The van der Waals surface area contributed by atoms with Crippen molar-refractivity contribution in [3.63, 3.8) is 0 Å². The first-order chi connectivity index (χ1) is 18.7. The Hall–Kier alpha value is -3.26. The van der Waals surface area contributed by atoms with Gasteiger partial charge in [-0.05, 0) is 71.8 Å². The van der Waals surface area contributed by atoms with Crippen LogP contribution in [0.25, 0.3) is 22.2 Å². The molecule has 0 aliphatic heterocycles. The monoisotopic (exact) mass is 581 g/mol. The molecule has 1 aliphatic carbocycles. The number of halogens is 3. The second-order valence-corrected chi connectivity index (χ2v) is 12.5. The zero-order valence-electron chi connectivity index (χ0n) is 22.9.